The van der Waals surface area contributed by atoms with Crippen molar-refractivity contribution in [1.82, 2.24) is 15.5 Å². The second-order valence-corrected chi connectivity index (χ2v) is 5.45. The quantitative estimate of drug-likeness (QED) is 0.381. The fraction of sp³-hybridized carbons (Fsp3) is 0.933. The molecule has 1 rings (SSSR count). The smallest absolute Gasteiger partial charge is 0.191 e. The Morgan fingerprint density at radius 3 is 2.90 bits per heavy atom. The lowest BCUT2D eigenvalue weighted by molar-refractivity contribution is 0.195. The standard InChI is InChI=1S/C15H32N4O/c1-4-9-19-10-7-14(13-19)12-18-15(16-5-2)17-8-6-11-20-3/h14H,4-13H2,1-3H3,(H2,16,17,18). The van der Waals surface area contributed by atoms with E-state index < -0.39 is 0 Å². The number of likely N-dealkylation sites (tertiary alicyclic amines) is 1. The van der Waals surface area contributed by atoms with Crippen LogP contribution in [0.3, 0.4) is 0 Å². The van der Waals surface area contributed by atoms with Crippen molar-refractivity contribution in [3.05, 3.63) is 0 Å². The predicted octanol–water partition coefficient (Wildman–Crippen LogP) is 1.31. The van der Waals surface area contributed by atoms with E-state index in [2.05, 4.69) is 29.4 Å². The van der Waals surface area contributed by atoms with Crippen molar-refractivity contribution in [2.75, 3.05) is 53.0 Å². The van der Waals surface area contributed by atoms with Crippen LogP contribution in [0.15, 0.2) is 4.99 Å². The summed E-state index contributed by atoms with van der Waals surface area (Å²) in [7, 11) is 1.74. The van der Waals surface area contributed by atoms with Gasteiger partial charge in [0.1, 0.15) is 0 Å². The molecule has 20 heavy (non-hydrogen) atoms. The molecule has 0 aromatic carbocycles. The van der Waals surface area contributed by atoms with Gasteiger partial charge < -0.3 is 20.3 Å². The molecular weight excluding hydrogens is 252 g/mol. The number of methoxy groups -OCH3 is 1. The Morgan fingerprint density at radius 1 is 1.35 bits per heavy atom. The molecule has 1 aliphatic rings. The molecule has 5 nitrogen and oxygen atoms in total. The lowest BCUT2D eigenvalue weighted by Crippen LogP contribution is -2.38. The highest BCUT2D eigenvalue weighted by atomic mass is 16.5. The summed E-state index contributed by atoms with van der Waals surface area (Å²) < 4.78 is 5.05. The average Bonchev–Trinajstić information content (AvgIpc) is 2.89. The van der Waals surface area contributed by atoms with Gasteiger partial charge in [0, 0.05) is 39.9 Å². The number of hydrogen-bond acceptors (Lipinski definition) is 3. The van der Waals surface area contributed by atoms with E-state index in [1.807, 2.05) is 0 Å². The average molecular weight is 284 g/mol. The van der Waals surface area contributed by atoms with Crippen LogP contribution < -0.4 is 10.6 Å². The second-order valence-electron chi connectivity index (χ2n) is 5.45. The maximum atomic E-state index is 5.05. The molecule has 118 valence electrons. The number of aliphatic imine (C=N–C) groups is 1. The summed E-state index contributed by atoms with van der Waals surface area (Å²) in [4.78, 5) is 7.27. The molecule has 1 aliphatic heterocycles. The second kappa shape index (κ2) is 10.9. The topological polar surface area (TPSA) is 48.9 Å². The van der Waals surface area contributed by atoms with Crippen molar-refractivity contribution in [3.63, 3.8) is 0 Å². The van der Waals surface area contributed by atoms with E-state index in [-0.39, 0.29) is 0 Å². The van der Waals surface area contributed by atoms with Crippen LogP contribution in [0, 0.1) is 5.92 Å². The van der Waals surface area contributed by atoms with Gasteiger partial charge in [0.2, 0.25) is 0 Å². The summed E-state index contributed by atoms with van der Waals surface area (Å²) in [6, 6.07) is 0. The van der Waals surface area contributed by atoms with Crippen LogP contribution in [0.5, 0.6) is 0 Å². The van der Waals surface area contributed by atoms with Crippen molar-refractivity contribution in [1.29, 1.82) is 0 Å². The van der Waals surface area contributed by atoms with Gasteiger partial charge in [-0.3, -0.25) is 4.99 Å². The first-order valence-electron chi connectivity index (χ1n) is 8.03. The third kappa shape index (κ3) is 7.10. The maximum Gasteiger partial charge on any atom is 0.191 e. The number of nitrogens with one attached hydrogen (secondary N) is 2. The molecule has 0 aliphatic carbocycles. The zero-order valence-corrected chi connectivity index (χ0v) is 13.5. The van der Waals surface area contributed by atoms with Gasteiger partial charge in [0.05, 0.1) is 0 Å². The molecule has 1 heterocycles. The number of nitrogens with zero attached hydrogens (tertiary/aromatic N) is 2. The third-order valence-electron chi connectivity index (χ3n) is 3.58. The van der Waals surface area contributed by atoms with Crippen LogP contribution in [0.4, 0.5) is 0 Å². The van der Waals surface area contributed by atoms with Gasteiger partial charge in [-0.05, 0) is 45.2 Å². The highest BCUT2D eigenvalue weighted by Crippen LogP contribution is 2.16. The van der Waals surface area contributed by atoms with E-state index in [0.717, 1.165) is 44.5 Å². The van der Waals surface area contributed by atoms with E-state index in [1.165, 1.54) is 32.5 Å². The predicted molar refractivity (Wildman–Crippen MR) is 85.3 cm³/mol. The first kappa shape index (κ1) is 17.2. The van der Waals surface area contributed by atoms with Gasteiger partial charge in [-0.1, -0.05) is 6.92 Å². The molecule has 0 aromatic rings. The molecule has 0 amide bonds. The molecule has 0 aromatic heterocycles. The maximum absolute atomic E-state index is 5.05. The Hall–Kier alpha value is -0.810. The van der Waals surface area contributed by atoms with Crippen molar-refractivity contribution in [2.24, 2.45) is 10.9 Å². The first-order valence-corrected chi connectivity index (χ1v) is 8.03. The number of hydrogen-bond donors (Lipinski definition) is 2. The lowest BCUT2D eigenvalue weighted by atomic mass is 10.1. The molecule has 5 heteroatoms. The molecular formula is C15H32N4O. The van der Waals surface area contributed by atoms with Crippen LogP contribution in [0.1, 0.15) is 33.1 Å². The Kier molecular flexibility index (Phi) is 9.41. The summed E-state index contributed by atoms with van der Waals surface area (Å²) in [5, 5.41) is 6.67. The van der Waals surface area contributed by atoms with Crippen molar-refractivity contribution in [3.8, 4) is 0 Å². The van der Waals surface area contributed by atoms with Crippen molar-refractivity contribution < 1.29 is 4.74 Å². The van der Waals surface area contributed by atoms with E-state index in [1.54, 1.807) is 7.11 Å². The minimum Gasteiger partial charge on any atom is -0.385 e. The Morgan fingerprint density at radius 2 is 2.20 bits per heavy atom. The number of guanidine groups is 1. The summed E-state index contributed by atoms with van der Waals surface area (Å²) in [6.07, 6.45) is 3.54. The van der Waals surface area contributed by atoms with Crippen LogP contribution in [-0.4, -0.2) is 63.8 Å². The first-order chi connectivity index (χ1) is 9.80. The van der Waals surface area contributed by atoms with Crippen LogP contribution in [0.25, 0.3) is 0 Å². The lowest BCUT2D eigenvalue weighted by Gasteiger charge is -2.15. The molecule has 0 bridgehead atoms. The highest BCUT2D eigenvalue weighted by molar-refractivity contribution is 5.79. The normalized spacial score (nSPS) is 20.4. The van der Waals surface area contributed by atoms with Gasteiger partial charge in [0.25, 0.3) is 0 Å². The Labute approximate surface area is 124 Å². The zero-order valence-electron chi connectivity index (χ0n) is 13.5. The van der Waals surface area contributed by atoms with Crippen molar-refractivity contribution >= 4 is 5.96 Å². The minimum absolute atomic E-state index is 0.719. The van der Waals surface area contributed by atoms with Crippen molar-refractivity contribution in [2.45, 2.75) is 33.1 Å². The summed E-state index contributed by atoms with van der Waals surface area (Å²) in [6.45, 7) is 11.6. The molecule has 0 radical (unpaired) electrons. The molecule has 1 atom stereocenters. The zero-order chi connectivity index (χ0) is 14.6. The number of rotatable bonds is 9. The SMILES string of the molecule is CCCN1CCC(CN=C(NCC)NCCCOC)C1. The van der Waals surface area contributed by atoms with Crippen LogP contribution in [0.2, 0.25) is 0 Å². The summed E-state index contributed by atoms with van der Waals surface area (Å²) >= 11 is 0. The fourth-order valence-corrected chi connectivity index (χ4v) is 2.57. The van der Waals surface area contributed by atoms with Gasteiger partial charge in [0.15, 0.2) is 5.96 Å². The summed E-state index contributed by atoms with van der Waals surface area (Å²) in [5.74, 6) is 1.66. The molecule has 1 unspecified atom stereocenters. The molecule has 1 fully saturated rings. The van der Waals surface area contributed by atoms with E-state index in [4.69, 9.17) is 9.73 Å². The van der Waals surface area contributed by atoms with Gasteiger partial charge in [-0.2, -0.15) is 0 Å². The van der Waals surface area contributed by atoms with Gasteiger partial charge >= 0.3 is 0 Å². The summed E-state index contributed by atoms with van der Waals surface area (Å²) in [5.41, 5.74) is 0. The third-order valence-corrected chi connectivity index (χ3v) is 3.58. The largest absolute Gasteiger partial charge is 0.385 e. The van der Waals surface area contributed by atoms with E-state index >= 15 is 0 Å². The molecule has 0 spiro atoms. The van der Waals surface area contributed by atoms with Crippen LogP contribution in [-0.2, 0) is 4.74 Å². The molecule has 1 saturated heterocycles. The van der Waals surface area contributed by atoms with Crippen LogP contribution >= 0.6 is 0 Å². The molecule has 2 N–H and O–H groups in total. The van der Waals surface area contributed by atoms with Gasteiger partial charge in [-0.25, -0.2) is 0 Å². The number of ether oxygens (including phenoxy) is 1. The van der Waals surface area contributed by atoms with E-state index in [9.17, 15) is 0 Å². The molecule has 0 saturated carbocycles. The Bertz CT molecular complexity index is 271. The highest BCUT2D eigenvalue weighted by Gasteiger charge is 2.21. The van der Waals surface area contributed by atoms with Gasteiger partial charge in [-0.15, -0.1) is 0 Å². The minimum atomic E-state index is 0.719. The monoisotopic (exact) mass is 284 g/mol. The van der Waals surface area contributed by atoms with E-state index in [0.29, 0.717) is 0 Å². The Balaban J connectivity index is 2.27. The fourth-order valence-electron chi connectivity index (χ4n) is 2.57.